The van der Waals surface area contributed by atoms with Gasteiger partial charge in [0, 0.05) is 56.7 Å². The molecule has 2 amide bonds. The van der Waals surface area contributed by atoms with Crippen molar-refractivity contribution in [2.75, 3.05) is 33.2 Å². The molecule has 6 nitrogen and oxygen atoms in total. The van der Waals surface area contributed by atoms with E-state index in [4.69, 9.17) is 0 Å². The highest BCUT2D eigenvalue weighted by molar-refractivity contribution is 5.99. The second-order valence-corrected chi connectivity index (χ2v) is 8.81. The summed E-state index contributed by atoms with van der Waals surface area (Å²) in [5.41, 5.74) is 2.09. The minimum atomic E-state index is -0.0760. The molecule has 0 radical (unpaired) electrons. The molecule has 2 aromatic rings. The summed E-state index contributed by atoms with van der Waals surface area (Å²) in [5.74, 6) is -0.132. The third-order valence-corrected chi connectivity index (χ3v) is 4.99. The summed E-state index contributed by atoms with van der Waals surface area (Å²) in [6.07, 6.45) is 3.54. The molecule has 1 atom stereocenters. The van der Waals surface area contributed by atoms with Crippen LogP contribution in [0.25, 0.3) is 0 Å². The Labute approximate surface area is 172 Å². The fourth-order valence-corrected chi connectivity index (χ4v) is 3.77. The van der Waals surface area contributed by atoms with Gasteiger partial charge in [0.15, 0.2) is 0 Å². The van der Waals surface area contributed by atoms with Gasteiger partial charge in [-0.3, -0.25) is 14.6 Å². The third kappa shape index (κ3) is 5.21. The van der Waals surface area contributed by atoms with E-state index in [1.165, 1.54) is 0 Å². The van der Waals surface area contributed by atoms with Crippen molar-refractivity contribution in [2.45, 2.75) is 26.8 Å². The largest absolute Gasteiger partial charge is 0.341 e. The fourth-order valence-electron chi connectivity index (χ4n) is 3.77. The van der Waals surface area contributed by atoms with Crippen molar-refractivity contribution in [3.05, 3.63) is 65.5 Å². The molecular weight excluding hydrogens is 364 g/mol. The Bertz CT molecular complexity index is 861. The second kappa shape index (κ2) is 8.74. The quantitative estimate of drug-likeness (QED) is 0.866. The predicted molar refractivity (Wildman–Crippen MR) is 114 cm³/mol. The zero-order valence-electron chi connectivity index (χ0n) is 17.7. The zero-order chi connectivity index (χ0) is 21.0. The topological polar surface area (TPSA) is 65.5 Å². The van der Waals surface area contributed by atoms with Gasteiger partial charge in [-0.25, -0.2) is 0 Å². The van der Waals surface area contributed by atoms with Gasteiger partial charge in [0.05, 0.1) is 6.04 Å². The van der Waals surface area contributed by atoms with Crippen LogP contribution in [-0.4, -0.2) is 59.8 Å². The summed E-state index contributed by atoms with van der Waals surface area (Å²) in [4.78, 5) is 33.9. The first-order valence-corrected chi connectivity index (χ1v) is 10.0. The van der Waals surface area contributed by atoms with Crippen molar-refractivity contribution in [2.24, 2.45) is 5.41 Å². The van der Waals surface area contributed by atoms with Crippen LogP contribution < -0.4 is 5.32 Å². The maximum absolute atomic E-state index is 13.3. The van der Waals surface area contributed by atoms with Crippen molar-refractivity contribution in [3.63, 3.8) is 0 Å². The van der Waals surface area contributed by atoms with Crippen LogP contribution in [-0.2, 0) is 0 Å². The number of hydrogen-bond donors (Lipinski definition) is 1. The zero-order valence-corrected chi connectivity index (χ0v) is 17.7. The van der Waals surface area contributed by atoms with Gasteiger partial charge in [-0.1, -0.05) is 32.9 Å². The van der Waals surface area contributed by atoms with Crippen LogP contribution in [0.2, 0.25) is 0 Å². The highest BCUT2D eigenvalue weighted by Gasteiger charge is 2.29. The van der Waals surface area contributed by atoms with E-state index < -0.39 is 0 Å². The van der Waals surface area contributed by atoms with E-state index in [1.54, 1.807) is 48.6 Å². The number of nitrogens with one attached hydrogen (secondary N) is 1. The third-order valence-electron chi connectivity index (χ3n) is 4.99. The van der Waals surface area contributed by atoms with Crippen LogP contribution in [0, 0.1) is 5.41 Å². The Kier molecular flexibility index (Phi) is 6.33. The van der Waals surface area contributed by atoms with Gasteiger partial charge in [-0.2, -0.15) is 0 Å². The van der Waals surface area contributed by atoms with E-state index in [0.29, 0.717) is 30.8 Å². The molecular formula is C23H30N4O2. The maximum Gasteiger partial charge on any atom is 0.254 e. The van der Waals surface area contributed by atoms with Crippen molar-refractivity contribution in [1.29, 1.82) is 0 Å². The molecule has 1 aliphatic rings. The lowest BCUT2D eigenvalue weighted by atomic mass is 9.96. The van der Waals surface area contributed by atoms with Crippen molar-refractivity contribution < 1.29 is 9.59 Å². The van der Waals surface area contributed by atoms with E-state index in [2.05, 4.69) is 31.1 Å². The molecule has 6 heteroatoms. The van der Waals surface area contributed by atoms with Crippen LogP contribution in [0.4, 0.5) is 0 Å². The molecule has 2 heterocycles. The number of rotatable bonds is 4. The standard InChI is InChI=1S/C23H30N4O2/c1-23(2,3)16-26(4)21(28)17-7-5-8-18(13-17)22(29)27-12-11-25-15-20(27)19-9-6-10-24-14-19/h5-10,13-14,20,25H,11-12,15-16H2,1-4H3. The highest BCUT2D eigenvalue weighted by Crippen LogP contribution is 2.24. The Balaban J connectivity index is 1.82. The van der Waals surface area contributed by atoms with Crippen molar-refractivity contribution in [3.8, 4) is 0 Å². The molecule has 3 rings (SSSR count). The molecule has 29 heavy (non-hydrogen) atoms. The Morgan fingerprint density at radius 2 is 1.97 bits per heavy atom. The summed E-state index contributed by atoms with van der Waals surface area (Å²) in [7, 11) is 1.80. The first-order valence-electron chi connectivity index (χ1n) is 10.0. The van der Waals surface area contributed by atoms with E-state index >= 15 is 0 Å². The molecule has 1 aromatic heterocycles. The molecule has 0 spiro atoms. The van der Waals surface area contributed by atoms with Gasteiger partial charge >= 0.3 is 0 Å². The van der Waals surface area contributed by atoms with Gasteiger partial charge in [-0.15, -0.1) is 0 Å². The lowest BCUT2D eigenvalue weighted by Gasteiger charge is -2.36. The summed E-state index contributed by atoms with van der Waals surface area (Å²) >= 11 is 0. The minimum absolute atomic E-state index is 0.00951. The second-order valence-electron chi connectivity index (χ2n) is 8.81. The number of aromatic nitrogens is 1. The minimum Gasteiger partial charge on any atom is -0.341 e. The molecule has 1 aromatic carbocycles. The van der Waals surface area contributed by atoms with Gasteiger partial charge in [0.2, 0.25) is 0 Å². The molecule has 0 aliphatic carbocycles. The van der Waals surface area contributed by atoms with Gasteiger partial charge < -0.3 is 15.1 Å². The van der Waals surface area contributed by atoms with E-state index in [-0.39, 0.29) is 23.3 Å². The summed E-state index contributed by atoms with van der Waals surface area (Å²) in [6.45, 7) is 8.98. The number of nitrogens with zero attached hydrogens (tertiary/aromatic N) is 3. The number of pyridine rings is 1. The van der Waals surface area contributed by atoms with E-state index in [1.807, 2.05) is 17.0 Å². The number of carbonyl (C=O) groups excluding carboxylic acids is 2. The van der Waals surface area contributed by atoms with Crippen LogP contribution >= 0.6 is 0 Å². The number of hydrogen-bond acceptors (Lipinski definition) is 4. The number of benzene rings is 1. The Morgan fingerprint density at radius 1 is 1.21 bits per heavy atom. The van der Waals surface area contributed by atoms with Crippen molar-refractivity contribution >= 4 is 11.8 Å². The number of amides is 2. The molecule has 0 bridgehead atoms. The van der Waals surface area contributed by atoms with Crippen LogP contribution in [0.15, 0.2) is 48.8 Å². The monoisotopic (exact) mass is 394 g/mol. The average Bonchev–Trinajstić information content (AvgIpc) is 2.72. The normalized spacial score (nSPS) is 17.1. The molecule has 1 N–H and O–H groups in total. The Morgan fingerprint density at radius 3 is 2.66 bits per heavy atom. The lowest BCUT2D eigenvalue weighted by Crippen LogP contribution is -2.48. The molecule has 1 saturated heterocycles. The highest BCUT2D eigenvalue weighted by atomic mass is 16.2. The molecule has 1 fully saturated rings. The maximum atomic E-state index is 13.3. The van der Waals surface area contributed by atoms with Gasteiger partial charge in [0.25, 0.3) is 11.8 Å². The summed E-state index contributed by atoms with van der Waals surface area (Å²) < 4.78 is 0. The number of piperazine rings is 1. The first-order chi connectivity index (χ1) is 13.8. The molecule has 1 aliphatic heterocycles. The molecule has 1 unspecified atom stereocenters. The van der Waals surface area contributed by atoms with Crippen LogP contribution in [0.3, 0.4) is 0 Å². The number of carbonyl (C=O) groups is 2. The van der Waals surface area contributed by atoms with Crippen LogP contribution in [0.5, 0.6) is 0 Å². The van der Waals surface area contributed by atoms with E-state index in [9.17, 15) is 9.59 Å². The lowest BCUT2D eigenvalue weighted by molar-refractivity contribution is 0.0634. The fraction of sp³-hybridized carbons (Fsp3) is 0.435. The summed E-state index contributed by atoms with van der Waals surface area (Å²) in [6, 6.07) is 10.9. The average molecular weight is 395 g/mol. The SMILES string of the molecule is CN(CC(C)(C)C)C(=O)c1cccc(C(=O)N2CCNCC2c2cccnc2)c1. The molecule has 0 saturated carbocycles. The summed E-state index contributed by atoms with van der Waals surface area (Å²) in [5, 5.41) is 3.35. The first kappa shape index (κ1) is 21.0. The predicted octanol–water partition coefficient (Wildman–Crippen LogP) is 2.99. The Hall–Kier alpha value is -2.73. The van der Waals surface area contributed by atoms with Gasteiger partial charge in [0.1, 0.15) is 0 Å². The van der Waals surface area contributed by atoms with Crippen LogP contribution in [0.1, 0.15) is 53.1 Å². The van der Waals surface area contributed by atoms with Crippen molar-refractivity contribution in [1.82, 2.24) is 20.1 Å². The van der Waals surface area contributed by atoms with Gasteiger partial charge in [-0.05, 0) is 35.2 Å². The van der Waals surface area contributed by atoms with E-state index in [0.717, 1.165) is 12.1 Å². The smallest absolute Gasteiger partial charge is 0.254 e. The molecule has 154 valence electrons.